The Bertz CT molecular complexity index is 1150. The van der Waals surface area contributed by atoms with Crippen LogP contribution in [0.4, 0.5) is 11.4 Å². The summed E-state index contributed by atoms with van der Waals surface area (Å²) in [4.78, 5) is -0.454. The first kappa shape index (κ1) is 18.8. The van der Waals surface area contributed by atoms with Gasteiger partial charge in [0.05, 0.1) is 12.2 Å². The van der Waals surface area contributed by atoms with Crippen molar-refractivity contribution in [3.63, 3.8) is 0 Å². The zero-order valence-corrected chi connectivity index (χ0v) is 15.7. The zero-order chi connectivity index (χ0) is 19.8. The van der Waals surface area contributed by atoms with Gasteiger partial charge in [-0.05, 0) is 42.5 Å². The van der Waals surface area contributed by atoms with Gasteiger partial charge >= 0.3 is 0 Å². The van der Waals surface area contributed by atoms with Crippen molar-refractivity contribution < 1.29 is 18.1 Å². The van der Waals surface area contributed by atoms with Crippen molar-refractivity contribution in [1.29, 1.82) is 0 Å². The summed E-state index contributed by atoms with van der Waals surface area (Å²) in [6.45, 7) is 3.92. The number of benzene rings is 3. The molecule has 0 aliphatic rings. The van der Waals surface area contributed by atoms with Gasteiger partial charge < -0.3 is 10.8 Å². The molecule has 0 atom stereocenters. The summed E-state index contributed by atoms with van der Waals surface area (Å²) >= 11 is 0. The summed E-state index contributed by atoms with van der Waals surface area (Å²) in [5.74, 6) is -0.0978. The lowest BCUT2D eigenvalue weighted by molar-refractivity contribution is 0.480. The van der Waals surface area contributed by atoms with Crippen LogP contribution in [0, 0.1) is 13.8 Å². The van der Waals surface area contributed by atoms with E-state index < -0.39 is 15.0 Å². The first-order valence-corrected chi connectivity index (χ1v) is 9.57. The summed E-state index contributed by atoms with van der Waals surface area (Å²) in [5, 5.41) is 18.8. The molecule has 140 valence electrons. The molecule has 0 fully saturated rings. The highest BCUT2D eigenvalue weighted by molar-refractivity contribution is 7.86. The predicted molar refractivity (Wildman–Crippen MR) is 104 cm³/mol. The number of phenolic OH excluding ortho intramolecular Hbond substituents is 1. The van der Waals surface area contributed by atoms with Gasteiger partial charge in [-0.25, -0.2) is 0 Å². The second-order valence-electron chi connectivity index (χ2n) is 6.38. The number of aryl methyl sites for hydroxylation is 2. The SMILES string of the molecule is Cc1ccc(CN=Nc2c(S(=O)(=O)O)cc3cc(C)cc(O)c3c2N)cc1. The van der Waals surface area contributed by atoms with Crippen molar-refractivity contribution in [2.24, 2.45) is 10.2 Å². The molecule has 8 heteroatoms. The van der Waals surface area contributed by atoms with Gasteiger partial charge in [0, 0.05) is 5.39 Å². The molecule has 0 amide bonds. The Morgan fingerprint density at radius 2 is 1.70 bits per heavy atom. The number of nitrogens with zero attached hydrogens (tertiary/aromatic N) is 2. The number of aromatic hydroxyl groups is 1. The Morgan fingerprint density at radius 1 is 1.04 bits per heavy atom. The summed E-state index contributed by atoms with van der Waals surface area (Å²) in [5.41, 5.74) is 8.52. The molecule has 27 heavy (non-hydrogen) atoms. The topological polar surface area (TPSA) is 125 Å². The van der Waals surface area contributed by atoms with Crippen LogP contribution >= 0.6 is 0 Å². The first-order chi connectivity index (χ1) is 12.7. The summed E-state index contributed by atoms with van der Waals surface area (Å²) in [7, 11) is -4.59. The average Bonchev–Trinajstić information content (AvgIpc) is 2.56. The van der Waals surface area contributed by atoms with Crippen LogP contribution in [0.5, 0.6) is 5.75 Å². The zero-order valence-electron chi connectivity index (χ0n) is 14.8. The average molecular weight is 385 g/mol. The molecular formula is C19H19N3O4S. The largest absolute Gasteiger partial charge is 0.507 e. The molecule has 0 aliphatic heterocycles. The van der Waals surface area contributed by atoms with Crippen LogP contribution in [0.3, 0.4) is 0 Å². The molecule has 0 aliphatic carbocycles. The second-order valence-corrected chi connectivity index (χ2v) is 7.77. The maximum absolute atomic E-state index is 11.8. The molecule has 0 spiro atoms. The Balaban J connectivity index is 2.13. The van der Waals surface area contributed by atoms with E-state index >= 15 is 0 Å². The molecule has 0 bridgehead atoms. The molecule has 0 unspecified atom stereocenters. The Labute approximate surface area is 156 Å². The molecule has 7 nitrogen and oxygen atoms in total. The van der Waals surface area contributed by atoms with Gasteiger partial charge in [-0.15, -0.1) is 0 Å². The molecule has 3 aromatic carbocycles. The van der Waals surface area contributed by atoms with Gasteiger partial charge in [-0.2, -0.15) is 18.6 Å². The minimum absolute atomic E-state index is 0.0646. The minimum Gasteiger partial charge on any atom is -0.507 e. The number of hydrogen-bond donors (Lipinski definition) is 3. The number of hydrogen-bond acceptors (Lipinski definition) is 6. The van der Waals surface area contributed by atoms with Crippen LogP contribution in [0.25, 0.3) is 10.8 Å². The van der Waals surface area contributed by atoms with Gasteiger partial charge in [-0.3, -0.25) is 4.55 Å². The van der Waals surface area contributed by atoms with Crippen molar-refractivity contribution in [2.45, 2.75) is 25.3 Å². The lowest BCUT2D eigenvalue weighted by Crippen LogP contribution is -2.02. The number of nitrogens with two attached hydrogens (primary N) is 1. The van der Waals surface area contributed by atoms with Crippen LogP contribution in [-0.4, -0.2) is 18.1 Å². The van der Waals surface area contributed by atoms with Crippen molar-refractivity contribution in [2.75, 3.05) is 5.73 Å². The van der Waals surface area contributed by atoms with E-state index in [2.05, 4.69) is 10.2 Å². The highest BCUT2D eigenvalue weighted by Crippen LogP contribution is 2.41. The van der Waals surface area contributed by atoms with E-state index in [0.29, 0.717) is 5.39 Å². The van der Waals surface area contributed by atoms with Gasteiger partial charge in [0.2, 0.25) is 0 Å². The van der Waals surface area contributed by atoms with E-state index in [-0.39, 0.29) is 29.1 Å². The molecule has 3 rings (SSSR count). The van der Waals surface area contributed by atoms with E-state index in [4.69, 9.17) is 5.73 Å². The van der Waals surface area contributed by atoms with Crippen molar-refractivity contribution in [3.05, 3.63) is 59.2 Å². The third-order valence-electron chi connectivity index (χ3n) is 4.16. The van der Waals surface area contributed by atoms with Crippen LogP contribution in [0.1, 0.15) is 16.7 Å². The summed E-state index contributed by atoms with van der Waals surface area (Å²) < 4.78 is 33.2. The van der Waals surface area contributed by atoms with Crippen LogP contribution in [0.2, 0.25) is 0 Å². The quantitative estimate of drug-likeness (QED) is 0.351. The van der Waals surface area contributed by atoms with Crippen LogP contribution in [-0.2, 0) is 16.7 Å². The van der Waals surface area contributed by atoms with Crippen molar-refractivity contribution in [1.82, 2.24) is 0 Å². The Morgan fingerprint density at radius 3 is 2.33 bits per heavy atom. The molecule has 0 radical (unpaired) electrons. The first-order valence-electron chi connectivity index (χ1n) is 8.13. The second kappa shape index (κ2) is 6.98. The predicted octanol–water partition coefficient (Wildman–Crippen LogP) is 4.28. The number of phenols is 1. The highest BCUT2D eigenvalue weighted by Gasteiger charge is 2.22. The number of anilines is 1. The number of rotatable bonds is 4. The number of fused-ring (bicyclic) bond motifs is 1. The van der Waals surface area contributed by atoms with Crippen LogP contribution < -0.4 is 5.73 Å². The van der Waals surface area contributed by atoms with Gasteiger partial charge in [0.1, 0.15) is 16.3 Å². The molecule has 4 N–H and O–H groups in total. The van der Waals surface area contributed by atoms with E-state index in [0.717, 1.165) is 16.7 Å². The third kappa shape index (κ3) is 3.91. The molecule has 0 aromatic heterocycles. The lowest BCUT2D eigenvalue weighted by Gasteiger charge is -2.11. The molecule has 0 saturated carbocycles. The Kier molecular flexibility index (Phi) is 4.86. The van der Waals surface area contributed by atoms with Gasteiger partial charge in [0.15, 0.2) is 0 Å². The summed E-state index contributed by atoms with van der Waals surface area (Å²) in [6, 6.07) is 12.0. The molecule has 3 aromatic rings. The maximum atomic E-state index is 11.8. The van der Waals surface area contributed by atoms with Crippen molar-refractivity contribution in [3.8, 4) is 5.75 Å². The third-order valence-corrected chi connectivity index (χ3v) is 5.03. The van der Waals surface area contributed by atoms with E-state index in [1.807, 2.05) is 31.2 Å². The molecular weight excluding hydrogens is 366 g/mol. The van der Waals surface area contributed by atoms with Gasteiger partial charge in [-0.1, -0.05) is 35.9 Å². The van der Waals surface area contributed by atoms with Crippen molar-refractivity contribution >= 4 is 32.3 Å². The fraction of sp³-hybridized carbons (Fsp3) is 0.158. The van der Waals surface area contributed by atoms with Crippen LogP contribution in [0.15, 0.2) is 57.6 Å². The monoisotopic (exact) mass is 385 g/mol. The fourth-order valence-corrected chi connectivity index (χ4v) is 3.51. The van der Waals surface area contributed by atoms with E-state index in [1.165, 1.54) is 12.1 Å². The van der Waals surface area contributed by atoms with Gasteiger partial charge in [0.25, 0.3) is 10.1 Å². The van der Waals surface area contributed by atoms with E-state index in [9.17, 15) is 18.1 Å². The molecule has 0 heterocycles. The smallest absolute Gasteiger partial charge is 0.296 e. The standard InChI is InChI=1S/C19H19N3O4S/c1-11-3-5-13(6-4-11)10-21-22-19-16(27(24,25)26)9-14-7-12(2)8-15(23)17(14)18(19)20/h3-9,23H,10,20H2,1-2H3,(H,24,25,26). The Hall–Kier alpha value is -2.97. The maximum Gasteiger partial charge on any atom is 0.296 e. The number of nitrogen functional groups attached to an aromatic ring is 1. The number of azo groups is 1. The minimum atomic E-state index is -4.59. The fourth-order valence-electron chi connectivity index (χ4n) is 2.84. The lowest BCUT2D eigenvalue weighted by atomic mass is 10.0. The normalized spacial score (nSPS) is 12.1. The van der Waals surface area contributed by atoms with E-state index in [1.54, 1.807) is 13.0 Å². The summed E-state index contributed by atoms with van der Waals surface area (Å²) in [6.07, 6.45) is 0. The highest BCUT2D eigenvalue weighted by atomic mass is 32.2. The molecule has 0 saturated heterocycles.